The Hall–Kier alpha value is -1.06. The molecule has 0 radical (unpaired) electrons. The fraction of sp³-hybridized carbons (Fsp3) is 0.400. The van der Waals surface area contributed by atoms with Gasteiger partial charge in [-0.15, -0.1) is 0 Å². The third-order valence-electron chi connectivity index (χ3n) is 3.48. The predicted molar refractivity (Wildman–Crippen MR) is 84.2 cm³/mol. The molecule has 0 aliphatic heterocycles. The van der Waals surface area contributed by atoms with Crippen molar-refractivity contribution >= 4 is 31.2 Å². The van der Waals surface area contributed by atoms with Crippen LogP contribution in [0.2, 0.25) is 18.1 Å². The van der Waals surface area contributed by atoms with Crippen molar-refractivity contribution in [2.75, 3.05) is 0 Å². The second-order valence-electron chi connectivity index (χ2n) is 6.04. The summed E-state index contributed by atoms with van der Waals surface area (Å²) in [6.07, 6.45) is 3.03. The van der Waals surface area contributed by atoms with Gasteiger partial charge >= 0.3 is 0 Å². The molecule has 0 heterocycles. The first-order chi connectivity index (χ1) is 8.63. The molecule has 2 nitrogen and oxygen atoms in total. The number of benzene rings is 1. The summed E-state index contributed by atoms with van der Waals surface area (Å²) in [5, 5.41) is -0.353. The Morgan fingerprint density at radius 3 is 2.37 bits per heavy atom. The lowest BCUT2D eigenvalue weighted by atomic mass is 10.2. The van der Waals surface area contributed by atoms with Crippen LogP contribution in [0.25, 0.3) is 6.08 Å². The lowest BCUT2D eigenvalue weighted by Gasteiger charge is -2.36. The first kappa shape index (κ1) is 16.0. The number of hydrogen-bond donors (Lipinski definition) is 0. The van der Waals surface area contributed by atoms with Gasteiger partial charge in [0.15, 0.2) is 0 Å². The van der Waals surface area contributed by atoms with Gasteiger partial charge in [0.05, 0.1) is 0 Å². The summed E-state index contributed by atoms with van der Waals surface area (Å²) in [6.45, 7) is 11.0. The normalized spacial score (nSPS) is 12.7. The smallest absolute Gasteiger partial charge is 0.250 e. The van der Waals surface area contributed by atoms with Crippen LogP contribution in [0.4, 0.5) is 0 Å². The summed E-state index contributed by atoms with van der Waals surface area (Å²) in [4.78, 5) is 10.8. The van der Waals surface area contributed by atoms with Crippen LogP contribution in [0.1, 0.15) is 26.3 Å². The SMILES string of the molecule is CC(C)(C)[Si](C)(C)Oc1ccccc1C=CC(=O)Cl. The Morgan fingerprint density at radius 1 is 1.26 bits per heavy atom. The number of rotatable bonds is 4. The van der Waals surface area contributed by atoms with E-state index in [0.717, 1.165) is 11.3 Å². The van der Waals surface area contributed by atoms with Crippen LogP contribution in [0.5, 0.6) is 5.75 Å². The van der Waals surface area contributed by atoms with E-state index < -0.39 is 13.6 Å². The third kappa shape index (κ3) is 4.51. The lowest BCUT2D eigenvalue weighted by Crippen LogP contribution is -2.44. The number of hydrogen-bond acceptors (Lipinski definition) is 2. The van der Waals surface area contributed by atoms with Gasteiger partial charge in [0, 0.05) is 5.56 Å². The van der Waals surface area contributed by atoms with E-state index >= 15 is 0 Å². The Labute approximate surface area is 121 Å². The van der Waals surface area contributed by atoms with E-state index in [0.29, 0.717) is 0 Å². The summed E-state index contributed by atoms with van der Waals surface area (Å²) < 4.78 is 6.26. The average molecular weight is 297 g/mol. The molecule has 0 amide bonds. The van der Waals surface area contributed by atoms with Crippen LogP contribution in [0.15, 0.2) is 30.3 Å². The van der Waals surface area contributed by atoms with Gasteiger partial charge in [-0.05, 0) is 48.0 Å². The number of carbonyl (C=O) groups is 1. The van der Waals surface area contributed by atoms with E-state index in [9.17, 15) is 4.79 Å². The summed E-state index contributed by atoms with van der Waals surface area (Å²) in [7, 11) is -1.89. The Kier molecular flexibility index (Phi) is 4.99. The van der Waals surface area contributed by atoms with E-state index in [4.69, 9.17) is 16.0 Å². The summed E-state index contributed by atoms with van der Waals surface area (Å²) in [5.41, 5.74) is 0.876. The molecule has 0 aromatic heterocycles. The van der Waals surface area contributed by atoms with Gasteiger partial charge in [0.2, 0.25) is 5.24 Å². The molecule has 0 aliphatic rings. The second-order valence-corrected chi connectivity index (χ2v) is 11.1. The zero-order chi connectivity index (χ0) is 14.7. The maximum absolute atomic E-state index is 10.8. The number of carbonyl (C=O) groups excluding carboxylic acids is 1. The van der Waals surface area contributed by atoms with Crippen molar-refractivity contribution < 1.29 is 9.22 Å². The molecule has 1 aromatic rings. The van der Waals surface area contributed by atoms with Crippen molar-refractivity contribution in [1.29, 1.82) is 0 Å². The van der Waals surface area contributed by atoms with Crippen LogP contribution >= 0.6 is 11.6 Å². The summed E-state index contributed by atoms with van der Waals surface area (Å²) in [6, 6.07) is 7.69. The van der Waals surface area contributed by atoms with E-state index in [1.165, 1.54) is 6.08 Å². The zero-order valence-electron chi connectivity index (χ0n) is 12.2. The molecular formula is C15H21ClO2Si. The highest BCUT2D eigenvalue weighted by Gasteiger charge is 2.39. The van der Waals surface area contributed by atoms with Crippen LogP contribution < -0.4 is 4.43 Å². The van der Waals surface area contributed by atoms with Crippen molar-refractivity contribution in [2.24, 2.45) is 0 Å². The van der Waals surface area contributed by atoms with Gasteiger partial charge in [-0.3, -0.25) is 4.79 Å². The number of halogens is 1. The molecule has 1 rings (SSSR count). The molecule has 0 saturated carbocycles. The van der Waals surface area contributed by atoms with Gasteiger partial charge in [-0.25, -0.2) is 0 Å². The van der Waals surface area contributed by atoms with E-state index in [1.54, 1.807) is 6.08 Å². The van der Waals surface area contributed by atoms with Crippen LogP contribution in [-0.2, 0) is 4.79 Å². The first-order valence-electron chi connectivity index (χ1n) is 6.29. The van der Waals surface area contributed by atoms with Crippen LogP contribution in [0, 0.1) is 0 Å². The highest BCUT2D eigenvalue weighted by atomic mass is 35.5. The minimum Gasteiger partial charge on any atom is -0.543 e. The van der Waals surface area contributed by atoms with Crippen molar-refractivity contribution in [1.82, 2.24) is 0 Å². The lowest BCUT2D eigenvalue weighted by molar-refractivity contribution is -0.107. The van der Waals surface area contributed by atoms with Crippen molar-refractivity contribution in [3.8, 4) is 5.75 Å². The molecule has 0 atom stereocenters. The molecule has 104 valence electrons. The van der Waals surface area contributed by atoms with Gasteiger partial charge in [-0.2, -0.15) is 0 Å². The number of para-hydroxylation sites is 1. The maximum Gasteiger partial charge on any atom is 0.250 e. The fourth-order valence-corrected chi connectivity index (χ4v) is 2.40. The standard InChI is InChI=1S/C15H21ClO2Si/c1-15(2,3)19(4,5)18-13-9-7-6-8-12(13)10-11-14(16)17/h6-11H,1-5H3. The third-order valence-corrected chi connectivity index (χ3v) is 7.95. The quantitative estimate of drug-likeness (QED) is 0.451. The molecule has 0 unspecified atom stereocenters. The summed E-state index contributed by atoms with van der Waals surface area (Å²) in [5.74, 6) is 0.809. The maximum atomic E-state index is 10.8. The first-order valence-corrected chi connectivity index (χ1v) is 9.58. The van der Waals surface area contributed by atoms with Gasteiger partial charge in [-0.1, -0.05) is 39.0 Å². The molecule has 0 bridgehead atoms. The van der Waals surface area contributed by atoms with Gasteiger partial charge in [0.25, 0.3) is 8.32 Å². The minimum absolute atomic E-state index is 0.131. The molecule has 0 aliphatic carbocycles. The summed E-state index contributed by atoms with van der Waals surface area (Å²) >= 11 is 5.33. The van der Waals surface area contributed by atoms with E-state index in [-0.39, 0.29) is 5.04 Å². The minimum atomic E-state index is -1.89. The van der Waals surface area contributed by atoms with Crippen LogP contribution in [-0.4, -0.2) is 13.6 Å². The molecular weight excluding hydrogens is 276 g/mol. The largest absolute Gasteiger partial charge is 0.543 e. The predicted octanol–water partition coefficient (Wildman–Crippen LogP) is 4.85. The van der Waals surface area contributed by atoms with Crippen LogP contribution in [0.3, 0.4) is 0 Å². The van der Waals surface area contributed by atoms with E-state index in [2.05, 4.69) is 33.9 Å². The molecule has 0 saturated heterocycles. The second kappa shape index (κ2) is 5.93. The topological polar surface area (TPSA) is 26.3 Å². The van der Waals surface area contributed by atoms with Crippen molar-refractivity contribution in [3.63, 3.8) is 0 Å². The molecule has 19 heavy (non-hydrogen) atoms. The van der Waals surface area contributed by atoms with E-state index in [1.807, 2.05) is 24.3 Å². The highest BCUT2D eigenvalue weighted by Crippen LogP contribution is 2.38. The Morgan fingerprint density at radius 2 is 1.84 bits per heavy atom. The van der Waals surface area contributed by atoms with Crippen molar-refractivity contribution in [3.05, 3.63) is 35.9 Å². The fourth-order valence-electron chi connectivity index (χ4n) is 1.29. The van der Waals surface area contributed by atoms with Gasteiger partial charge in [0.1, 0.15) is 5.75 Å². The Bertz CT molecular complexity index is 487. The monoisotopic (exact) mass is 296 g/mol. The molecule has 4 heteroatoms. The molecule has 0 N–H and O–H groups in total. The average Bonchev–Trinajstić information content (AvgIpc) is 2.25. The zero-order valence-corrected chi connectivity index (χ0v) is 13.9. The van der Waals surface area contributed by atoms with Gasteiger partial charge < -0.3 is 4.43 Å². The Balaban J connectivity index is 3.05. The molecule has 0 fully saturated rings. The van der Waals surface area contributed by atoms with Crippen molar-refractivity contribution in [2.45, 2.75) is 38.9 Å². The highest BCUT2D eigenvalue weighted by molar-refractivity contribution is 6.74. The molecule has 0 spiro atoms. The molecule has 1 aromatic carbocycles. The number of allylic oxidation sites excluding steroid dienone is 1.